The predicted molar refractivity (Wildman–Crippen MR) is 101 cm³/mol. The molecule has 0 radical (unpaired) electrons. The van der Waals surface area contributed by atoms with Crippen molar-refractivity contribution >= 4 is 29.5 Å². The Kier molecular flexibility index (Phi) is 7.91. The van der Waals surface area contributed by atoms with Gasteiger partial charge in [-0.2, -0.15) is 0 Å². The summed E-state index contributed by atoms with van der Waals surface area (Å²) in [5.41, 5.74) is 0. The lowest BCUT2D eigenvalue weighted by atomic mass is 9.96. The fraction of sp³-hybridized carbons (Fsp3) is 0.526. The summed E-state index contributed by atoms with van der Waals surface area (Å²) in [6.07, 6.45) is 3.08. The van der Waals surface area contributed by atoms with Crippen molar-refractivity contribution < 1.29 is 23.9 Å². The quantitative estimate of drug-likeness (QED) is 0.720. The van der Waals surface area contributed by atoms with E-state index in [1.807, 2.05) is 0 Å². The van der Waals surface area contributed by atoms with Crippen LogP contribution in [0.2, 0.25) is 5.02 Å². The number of carbonyl (C=O) groups excluding carboxylic acids is 3. The molecule has 0 aliphatic heterocycles. The molecule has 1 saturated carbocycles. The maximum Gasteiger partial charge on any atom is 0.347 e. The van der Waals surface area contributed by atoms with Gasteiger partial charge in [0.25, 0.3) is 5.91 Å². The molecular formula is C19H25ClN2O5. The molecule has 148 valence electrons. The van der Waals surface area contributed by atoms with Gasteiger partial charge >= 0.3 is 12.0 Å². The Morgan fingerprint density at radius 2 is 1.67 bits per heavy atom. The third kappa shape index (κ3) is 7.09. The number of halogens is 1. The Morgan fingerprint density at radius 1 is 1.04 bits per heavy atom. The van der Waals surface area contributed by atoms with Gasteiger partial charge < -0.3 is 14.8 Å². The molecule has 0 bridgehead atoms. The molecule has 0 heterocycles. The Labute approximate surface area is 163 Å². The highest BCUT2D eigenvalue weighted by molar-refractivity contribution is 6.30. The lowest BCUT2D eigenvalue weighted by Crippen LogP contribution is -2.48. The second kappa shape index (κ2) is 10.2. The molecule has 2 N–H and O–H groups in total. The molecule has 2 rings (SSSR count). The number of hydrogen-bond donors (Lipinski definition) is 2. The van der Waals surface area contributed by atoms with Crippen molar-refractivity contribution in [1.29, 1.82) is 0 Å². The van der Waals surface area contributed by atoms with E-state index in [4.69, 9.17) is 21.1 Å². The first-order chi connectivity index (χ1) is 12.8. The molecule has 8 heteroatoms. The molecule has 1 aliphatic carbocycles. The van der Waals surface area contributed by atoms with E-state index < -0.39 is 30.1 Å². The summed E-state index contributed by atoms with van der Waals surface area (Å²) in [7, 11) is 0. The van der Waals surface area contributed by atoms with Gasteiger partial charge in [-0.3, -0.25) is 10.1 Å². The maximum absolute atomic E-state index is 12.1. The summed E-state index contributed by atoms with van der Waals surface area (Å²) in [5, 5.41) is 5.53. The van der Waals surface area contributed by atoms with Crippen molar-refractivity contribution in [2.24, 2.45) is 0 Å². The Morgan fingerprint density at radius 3 is 2.30 bits per heavy atom. The molecule has 1 fully saturated rings. The van der Waals surface area contributed by atoms with Crippen LogP contribution in [0, 0.1) is 0 Å². The van der Waals surface area contributed by atoms with Gasteiger partial charge in [-0.1, -0.05) is 30.9 Å². The van der Waals surface area contributed by atoms with Crippen LogP contribution in [0.4, 0.5) is 4.79 Å². The van der Waals surface area contributed by atoms with Gasteiger partial charge in [0.05, 0.1) is 0 Å². The molecule has 2 atom stereocenters. The number of rotatable bonds is 6. The van der Waals surface area contributed by atoms with Crippen molar-refractivity contribution in [2.75, 3.05) is 0 Å². The van der Waals surface area contributed by atoms with E-state index in [2.05, 4.69) is 10.6 Å². The summed E-state index contributed by atoms with van der Waals surface area (Å²) < 4.78 is 10.5. The van der Waals surface area contributed by atoms with Gasteiger partial charge in [0.15, 0.2) is 12.2 Å². The minimum absolute atomic E-state index is 0.0807. The fourth-order valence-corrected chi connectivity index (χ4v) is 2.90. The number of imide groups is 1. The standard InChI is InChI=1S/C19H25ClN2O5/c1-12(17(23)22-19(25)21-15-6-4-3-5-7-15)27-18(24)13(2)26-16-10-8-14(20)9-11-16/h8-13,15H,3-7H2,1-2H3,(H2,21,22,23,25)/t12-,13+/m1/s1. The molecule has 7 nitrogen and oxygen atoms in total. The van der Waals surface area contributed by atoms with Crippen LogP contribution >= 0.6 is 11.6 Å². The van der Waals surface area contributed by atoms with Crippen molar-refractivity contribution in [1.82, 2.24) is 10.6 Å². The van der Waals surface area contributed by atoms with Crippen LogP contribution in [0.5, 0.6) is 5.75 Å². The topological polar surface area (TPSA) is 93.7 Å². The lowest BCUT2D eigenvalue weighted by molar-refractivity contribution is -0.160. The summed E-state index contributed by atoms with van der Waals surface area (Å²) >= 11 is 5.79. The fourth-order valence-electron chi connectivity index (χ4n) is 2.77. The van der Waals surface area contributed by atoms with Gasteiger partial charge in [0.2, 0.25) is 0 Å². The summed E-state index contributed by atoms with van der Waals surface area (Å²) in [4.78, 5) is 36.0. The number of ether oxygens (including phenoxy) is 2. The first-order valence-corrected chi connectivity index (χ1v) is 9.47. The number of amides is 3. The Bertz CT molecular complexity index is 659. The van der Waals surface area contributed by atoms with Crippen LogP contribution in [-0.4, -0.2) is 36.2 Å². The highest BCUT2D eigenvalue weighted by atomic mass is 35.5. The molecule has 27 heavy (non-hydrogen) atoms. The van der Waals surface area contributed by atoms with Crippen molar-refractivity contribution in [3.05, 3.63) is 29.3 Å². The number of nitrogens with one attached hydrogen (secondary N) is 2. The van der Waals surface area contributed by atoms with Crippen LogP contribution in [0.1, 0.15) is 46.0 Å². The van der Waals surface area contributed by atoms with Gasteiger partial charge in [-0.15, -0.1) is 0 Å². The normalized spacial score (nSPS) is 16.7. The predicted octanol–water partition coefficient (Wildman–Crippen LogP) is 3.20. The zero-order chi connectivity index (χ0) is 19.8. The summed E-state index contributed by atoms with van der Waals surface area (Å²) in [5.74, 6) is -0.941. The van der Waals surface area contributed by atoms with Crippen LogP contribution in [0.3, 0.4) is 0 Å². The Hall–Kier alpha value is -2.28. The minimum atomic E-state index is -1.12. The van der Waals surface area contributed by atoms with E-state index >= 15 is 0 Å². The first-order valence-electron chi connectivity index (χ1n) is 9.09. The lowest BCUT2D eigenvalue weighted by Gasteiger charge is -2.23. The van der Waals surface area contributed by atoms with E-state index in [9.17, 15) is 14.4 Å². The molecule has 0 spiro atoms. The first kappa shape index (κ1) is 21.0. The van der Waals surface area contributed by atoms with Gasteiger partial charge in [0, 0.05) is 11.1 Å². The summed E-state index contributed by atoms with van der Waals surface area (Å²) in [6.45, 7) is 2.91. The second-order valence-electron chi connectivity index (χ2n) is 6.59. The van der Waals surface area contributed by atoms with Crippen molar-refractivity contribution in [3.63, 3.8) is 0 Å². The average Bonchev–Trinajstić information content (AvgIpc) is 2.64. The Balaban J connectivity index is 1.75. The summed E-state index contributed by atoms with van der Waals surface area (Å²) in [6, 6.07) is 6.03. The van der Waals surface area contributed by atoms with E-state index in [1.165, 1.54) is 20.3 Å². The van der Waals surface area contributed by atoms with Crippen LogP contribution < -0.4 is 15.4 Å². The number of esters is 1. The molecule has 1 aliphatic rings. The number of hydrogen-bond acceptors (Lipinski definition) is 5. The van der Waals surface area contributed by atoms with Gasteiger partial charge in [-0.05, 0) is 51.0 Å². The van der Waals surface area contributed by atoms with E-state index in [0.717, 1.165) is 25.7 Å². The molecule has 0 aromatic heterocycles. The van der Waals surface area contributed by atoms with Crippen molar-refractivity contribution in [2.45, 2.75) is 64.2 Å². The zero-order valence-electron chi connectivity index (χ0n) is 15.5. The number of urea groups is 1. The van der Waals surface area contributed by atoms with Crippen LogP contribution in [0.25, 0.3) is 0 Å². The number of benzene rings is 1. The third-order valence-corrected chi connectivity index (χ3v) is 4.55. The van der Waals surface area contributed by atoms with Gasteiger partial charge in [-0.25, -0.2) is 9.59 Å². The largest absolute Gasteiger partial charge is 0.479 e. The number of carbonyl (C=O) groups is 3. The van der Waals surface area contributed by atoms with Gasteiger partial charge in [0.1, 0.15) is 5.75 Å². The highest BCUT2D eigenvalue weighted by Crippen LogP contribution is 2.18. The molecule has 3 amide bonds. The highest BCUT2D eigenvalue weighted by Gasteiger charge is 2.25. The molecule has 1 aromatic carbocycles. The monoisotopic (exact) mass is 396 g/mol. The molecular weight excluding hydrogens is 372 g/mol. The maximum atomic E-state index is 12.1. The van der Waals surface area contributed by atoms with E-state index in [-0.39, 0.29) is 6.04 Å². The van der Waals surface area contributed by atoms with Crippen LogP contribution in [-0.2, 0) is 14.3 Å². The minimum Gasteiger partial charge on any atom is -0.479 e. The molecule has 0 unspecified atom stereocenters. The second-order valence-corrected chi connectivity index (χ2v) is 7.03. The molecule has 1 aromatic rings. The zero-order valence-corrected chi connectivity index (χ0v) is 16.3. The van der Waals surface area contributed by atoms with E-state index in [1.54, 1.807) is 24.3 Å². The third-order valence-electron chi connectivity index (χ3n) is 4.30. The SMILES string of the molecule is C[C@H](Oc1ccc(Cl)cc1)C(=O)O[C@H](C)C(=O)NC(=O)NC1CCCCC1. The smallest absolute Gasteiger partial charge is 0.347 e. The van der Waals surface area contributed by atoms with Crippen molar-refractivity contribution in [3.8, 4) is 5.75 Å². The van der Waals surface area contributed by atoms with E-state index in [0.29, 0.717) is 10.8 Å². The average molecular weight is 397 g/mol. The molecule has 0 saturated heterocycles. The van der Waals surface area contributed by atoms with Crippen LogP contribution in [0.15, 0.2) is 24.3 Å².